The number of nitrogens with one attached hydrogen (secondary N) is 1. The van der Waals surface area contributed by atoms with Gasteiger partial charge in [-0.3, -0.25) is 9.59 Å². The molecule has 24 heavy (non-hydrogen) atoms. The van der Waals surface area contributed by atoms with Gasteiger partial charge in [-0.05, 0) is 25.5 Å². The van der Waals surface area contributed by atoms with Gasteiger partial charge in [-0.15, -0.1) is 10.2 Å². The second-order valence-corrected chi connectivity index (χ2v) is 6.29. The SMILES string of the molecule is CCCCc1nnc(SCC(=O)Nc2cccc(C(C)=O)c2)n1N. The zero-order valence-corrected chi connectivity index (χ0v) is 14.6. The average molecular weight is 347 g/mol. The standard InChI is InChI=1S/C16H21N5O2S/c1-3-4-8-14-19-20-16(21(14)17)24-10-15(23)18-13-7-5-6-12(9-13)11(2)22/h5-7,9H,3-4,8,10,17H2,1-2H3,(H,18,23). The Bertz CT molecular complexity index is 729. The summed E-state index contributed by atoms with van der Waals surface area (Å²) in [4.78, 5) is 23.4. The van der Waals surface area contributed by atoms with Crippen molar-refractivity contribution in [3.8, 4) is 0 Å². The van der Waals surface area contributed by atoms with Crippen molar-refractivity contribution in [1.29, 1.82) is 0 Å². The molecule has 1 aromatic heterocycles. The summed E-state index contributed by atoms with van der Waals surface area (Å²) in [5.74, 6) is 6.57. The molecule has 0 radical (unpaired) electrons. The van der Waals surface area contributed by atoms with E-state index >= 15 is 0 Å². The maximum atomic E-state index is 12.0. The summed E-state index contributed by atoms with van der Waals surface area (Å²) < 4.78 is 1.43. The second-order valence-electron chi connectivity index (χ2n) is 5.35. The Hall–Kier alpha value is -2.35. The van der Waals surface area contributed by atoms with E-state index in [9.17, 15) is 9.59 Å². The average Bonchev–Trinajstić information content (AvgIpc) is 2.91. The fraction of sp³-hybridized carbons (Fsp3) is 0.375. The number of aryl methyl sites for hydroxylation is 1. The van der Waals surface area contributed by atoms with E-state index in [2.05, 4.69) is 22.4 Å². The quantitative estimate of drug-likeness (QED) is 0.431. The molecule has 0 fully saturated rings. The number of rotatable bonds is 8. The minimum absolute atomic E-state index is 0.0451. The number of benzene rings is 1. The number of Topliss-reactive ketones (excluding diaryl/α,β-unsaturated/α-hetero) is 1. The molecule has 1 heterocycles. The summed E-state index contributed by atoms with van der Waals surface area (Å²) in [6.07, 6.45) is 2.81. The Morgan fingerprint density at radius 1 is 1.33 bits per heavy atom. The fourth-order valence-electron chi connectivity index (χ4n) is 2.05. The summed E-state index contributed by atoms with van der Waals surface area (Å²) in [6.45, 7) is 3.58. The van der Waals surface area contributed by atoms with Crippen molar-refractivity contribution in [3.05, 3.63) is 35.7 Å². The monoisotopic (exact) mass is 347 g/mol. The van der Waals surface area contributed by atoms with Crippen LogP contribution >= 0.6 is 11.8 Å². The van der Waals surface area contributed by atoms with Gasteiger partial charge in [-0.1, -0.05) is 37.2 Å². The van der Waals surface area contributed by atoms with Crippen LogP contribution in [0.1, 0.15) is 42.9 Å². The van der Waals surface area contributed by atoms with Crippen LogP contribution < -0.4 is 11.2 Å². The number of carbonyl (C=O) groups is 2. The van der Waals surface area contributed by atoms with E-state index in [1.807, 2.05) is 0 Å². The number of nitrogen functional groups attached to an aromatic ring is 1. The van der Waals surface area contributed by atoms with E-state index in [0.29, 0.717) is 22.2 Å². The molecular formula is C16H21N5O2S. The highest BCUT2D eigenvalue weighted by molar-refractivity contribution is 7.99. The van der Waals surface area contributed by atoms with Crippen molar-refractivity contribution in [2.24, 2.45) is 0 Å². The highest BCUT2D eigenvalue weighted by Crippen LogP contribution is 2.17. The van der Waals surface area contributed by atoms with Gasteiger partial charge in [0.1, 0.15) is 0 Å². The molecule has 0 aliphatic heterocycles. The van der Waals surface area contributed by atoms with Gasteiger partial charge >= 0.3 is 0 Å². The van der Waals surface area contributed by atoms with Crippen LogP contribution in [0.15, 0.2) is 29.4 Å². The molecule has 8 heteroatoms. The van der Waals surface area contributed by atoms with Gasteiger partial charge in [-0.2, -0.15) is 0 Å². The van der Waals surface area contributed by atoms with Gasteiger partial charge in [0.05, 0.1) is 5.75 Å². The molecule has 1 amide bonds. The molecule has 0 bridgehead atoms. The second kappa shape index (κ2) is 8.49. The lowest BCUT2D eigenvalue weighted by Crippen LogP contribution is -2.17. The van der Waals surface area contributed by atoms with Crippen molar-refractivity contribution >= 4 is 29.1 Å². The molecule has 0 aliphatic carbocycles. The van der Waals surface area contributed by atoms with Crippen LogP contribution in [0.25, 0.3) is 0 Å². The topological polar surface area (TPSA) is 103 Å². The van der Waals surface area contributed by atoms with E-state index < -0.39 is 0 Å². The first-order chi connectivity index (χ1) is 11.5. The third kappa shape index (κ3) is 4.82. The van der Waals surface area contributed by atoms with Gasteiger partial charge < -0.3 is 11.2 Å². The van der Waals surface area contributed by atoms with Crippen LogP contribution in [0.3, 0.4) is 0 Å². The Kier molecular flexibility index (Phi) is 6.36. The molecule has 2 rings (SSSR count). The van der Waals surface area contributed by atoms with Gasteiger partial charge in [0.2, 0.25) is 11.1 Å². The highest BCUT2D eigenvalue weighted by atomic mass is 32.2. The molecule has 2 aromatic rings. The highest BCUT2D eigenvalue weighted by Gasteiger charge is 2.12. The first-order valence-corrected chi connectivity index (χ1v) is 8.72. The van der Waals surface area contributed by atoms with E-state index in [-0.39, 0.29) is 17.4 Å². The lowest BCUT2D eigenvalue weighted by atomic mass is 10.1. The number of hydrogen-bond donors (Lipinski definition) is 2. The molecule has 0 unspecified atom stereocenters. The smallest absolute Gasteiger partial charge is 0.234 e. The molecule has 0 saturated carbocycles. The maximum absolute atomic E-state index is 12.0. The number of unbranched alkanes of at least 4 members (excludes halogenated alkanes) is 1. The molecule has 3 N–H and O–H groups in total. The number of carbonyl (C=O) groups excluding carboxylic acids is 2. The van der Waals surface area contributed by atoms with E-state index in [1.165, 1.54) is 23.4 Å². The van der Waals surface area contributed by atoms with E-state index in [1.54, 1.807) is 24.3 Å². The van der Waals surface area contributed by atoms with E-state index in [4.69, 9.17) is 5.84 Å². The van der Waals surface area contributed by atoms with Crippen LogP contribution in [-0.4, -0.2) is 32.3 Å². The predicted octanol–water partition coefficient (Wildman–Crippen LogP) is 2.27. The first-order valence-electron chi connectivity index (χ1n) is 7.74. The van der Waals surface area contributed by atoms with Crippen molar-refractivity contribution in [2.45, 2.75) is 38.3 Å². The Labute approximate surface area is 145 Å². The summed E-state index contributed by atoms with van der Waals surface area (Å²) in [7, 11) is 0. The summed E-state index contributed by atoms with van der Waals surface area (Å²) in [6, 6.07) is 6.83. The lowest BCUT2D eigenvalue weighted by molar-refractivity contribution is -0.113. The third-order valence-electron chi connectivity index (χ3n) is 3.37. The zero-order chi connectivity index (χ0) is 17.5. The van der Waals surface area contributed by atoms with Crippen LogP contribution in [0.5, 0.6) is 0 Å². The van der Waals surface area contributed by atoms with Crippen molar-refractivity contribution < 1.29 is 9.59 Å². The fourth-order valence-corrected chi connectivity index (χ4v) is 2.73. The molecule has 128 valence electrons. The minimum atomic E-state index is -0.196. The van der Waals surface area contributed by atoms with Gasteiger partial charge in [0, 0.05) is 17.7 Å². The first kappa shape index (κ1) is 18.0. The number of ketones is 1. The number of nitrogens with two attached hydrogens (primary N) is 1. The summed E-state index contributed by atoms with van der Waals surface area (Å²) >= 11 is 1.22. The molecular weight excluding hydrogens is 326 g/mol. The zero-order valence-electron chi connectivity index (χ0n) is 13.8. The van der Waals surface area contributed by atoms with Gasteiger partial charge in [-0.25, -0.2) is 4.68 Å². The largest absolute Gasteiger partial charge is 0.336 e. The molecule has 7 nitrogen and oxygen atoms in total. The summed E-state index contributed by atoms with van der Waals surface area (Å²) in [5, 5.41) is 11.3. The number of amides is 1. The Morgan fingerprint density at radius 2 is 2.12 bits per heavy atom. The normalized spacial score (nSPS) is 10.6. The molecule has 1 aromatic carbocycles. The van der Waals surface area contributed by atoms with Crippen LogP contribution in [0.4, 0.5) is 5.69 Å². The predicted molar refractivity (Wildman–Crippen MR) is 94.6 cm³/mol. The Morgan fingerprint density at radius 3 is 2.83 bits per heavy atom. The van der Waals surface area contributed by atoms with Crippen molar-refractivity contribution in [2.75, 3.05) is 16.9 Å². The molecule has 0 spiro atoms. The minimum Gasteiger partial charge on any atom is -0.336 e. The lowest BCUT2D eigenvalue weighted by Gasteiger charge is -2.06. The van der Waals surface area contributed by atoms with Crippen LogP contribution in [-0.2, 0) is 11.2 Å². The molecule has 0 atom stereocenters. The number of anilines is 1. The van der Waals surface area contributed by atoms with Crippen molar-refractivity contribution in [1.82, 2.24) is 14.9 Å². The summed E-state index contributed by atoms with van der Waals surface area (Å²) in [5.41, 5.74) is 1.15. The van der Waals surface area contributed by atoms with Crippen LogP contribution in [0.2, 0.25) is 0 Å². The van der Waals surface area contributed by atoms with Crippen LogP contribution in [0, 0.1) is 0 Å². The third-order valence-corrected chi connectivity index (χ3v) is 4.32. The van der Waals surface area contributed by atoms with Gasteiger partial charge in [0.25, 0.3) is 0 Å². The number of thioether (sulfide) groups is 1. The van der Waals surface area contributed by atoms with Crippen molar-refractivity contribution in [3.63, 3.8) is 0 Å². The Balaban J connectivity index is 1.90. The number of nitrogens with zero attached hydrogens (tertiary/aromatic N) is 3. The molecule has 0 aliphatic rings. The van der Waals surface area contributed by atoms with Gasteiger partial charge in [0.15, 0.2) is 11.6 Å². The number of hydrogen-bond acceptors (Lipinski definition) is 6. The van der Waals surface area contributed by atoms with E-state index in [0.717, 1.165) is 19.3 Å². The number of aromatic nitrogens is 3. The molecule has 0 saturated heterocycles. The maximum Gasteiger partial charge on any atom is 0.234 e.